The molecule has 176 valence electrons. The SMILES string of the molecule is CC(=O)ON=C(C(=O)Nc1cccc(C(C)(F)F)c1)C(C)=NNc1ccc(OC(F)F)cc1. The van der Waals surface area contributed by atoms with E-state index in [1.165, 1.54) is 49.4 Å². The number of benzene rings is 2. The van der Waals surface area contributed by atoms with Crippen molar-refractivity contribution in [2.45, 2.75) is 33.3 Å². The van der Waals surface area contributed by atoms with Gasteiger partial charge in [-0.1, -0.05) is 17.3 Å². The maximum atomic E-state index is 13.6. The van der Waals surface area contributed by atoms with Crippen LogP contribution in [0.3, 0.4) is 0 Å². The van der Waals surface area contributed by atoms with Crippen molar-refractivity contribution in [2.24, 2.45) is 10.3 Å². The Hall–Kier alpha value is -3.96. The third kappa shape index (κ3) is 8.24. The van der Waals surface area contributed by atoms with E-state index in [0.717, 1.165) is 19.9 Å². The summed E-state index contributed by atoms with van der Waals surface area (Å²) in [4.78, 5) is 28.3. The molecule has 0 saturated carbocycles. The number of hydrogen-bond donors (Lipinski definition) is 2. The third-order valence-corrected chi connectivity index (χ3v) is 3.88. The van der Waals surface area contributed by atoms with Crippen LogP contribution in [0.4, 0.5) is 28.9 Å². The second-order valence-corrected chi connectivity index (χ2v) is 6.66. The van der Waals surface area contributed by atoms with Gasteiger partial charge in [-0.3, -0.25) is 10.2 Å². The molecule has 2 N–H and O–H groups in total. The van der Waals surface area contributed by atoms with Crippen LogP contribution in [0.25, 0.3) is 0 Å². The Balaban J connectivity index is 2.20. The summed E-state index contributed by atoms with van der Waals surface area (Å²) in [5.41, 5.74) is 2.25. The molecule has 0 radical (unpaired) electrons. The molecule has 0 unspecified atom stereocenters. The fraction of sp³-hybridized carbons (Fsp3) is 0.238. The summed E-state index contributed by atoms with van der Waals surface area (Å²) < 4.78 is 55.8. The standard InChI is InChI=1S/C21H20F4N4O4/c1-12(27-28-15-7-9-17(10-8-15)32-20(22)23)18(29-33-13(2)30)19(31)26-16-6-4-5-14(11-16)21(3,24)25/h4-11,20,28H,1-3H3,(H,26,31). The topological polar surface area (TPSA) is 101 Å². The molecule has 0 atom stereocenters. The van der Waals surface area contributed by atoms with Crippen molar-refractivity contribution in [1.29, 1.82) is 0 Å². The Labute approximate surface area is 186 Å². The van der Waals surface area contributed by atoms with Crippen LogP contribution < -0.4 is 15.5 Å². The average molecular weight is 468 g/mol. The minimum Gasteiger partial charge on any atom is -0.435 e. The molecule has 0 spiro atoms. The van der Waals surface area contributed by atoms with Gasteiger partial charge in [-0.25, -0.2) is 13.6 Å². The van der Waals surface area contributed by atoms with Gasteiger partial charge in [-0.05, 0) is 43.3 Å². The van der Waals surface area contributed by atoms with E-state index in [4.69, 9.17) is 0 Å². The molecule has 8 nitrogen and oxygen atoms in total. The predicted octanol–water partition coefficient (Wildman–Crippen LogP) is 4.75. The molecule has 0 saturated heterocycles. The van der Waals surface area contributed by atoms with E-state index >= 15 is 0 Å². The van der Waals surface area contributed by atoms with Crippen molar-refractivity contribution in [3.8, 4) is 5.75 Å². The largest absolute Gasteiger partial charge is 0.435 e. The summed E-state index contributed by atoms with van der Waals surface area (Å²) in [6.07, 6.45) is 0. The first-order chi connectivity index (χ1) is 15.5. The molecule has 2 rings (SSSR count). The van der Waals surface area contributed by atoms with Gasteiger partial charge in [0.2, 0.25) is 0 Å². The lowest BCUT2D eigenvalue weighted by Gasteiger charge is -2.13. The summed E-state index contributed by atoms with van der Waals surface area (Å²) >= 11 is 0. The van der Waals surface area contributed by atoms with Gasteiger partial charge in [-0.2, -0.15) is 13.9 Å². The molecule has 0 bridgehead atoms. The lowest BCUT2D eigenvalue weighted by molar-refractivity contribution is -0.140. The van der Waals surface area contributed by atoms with Crippen LogP contribution in [0, 0.1) is 0 Å². The van der Waals surface area contributed by atoms with Crippen molar-refractivity contribution in [1.82, 2.24) is 0 Å². The smallest absolute Gasteiger partial charge is 0.387 e. The molecule has 0 aliphatic heterocycles. The van der Waals surface area contributed by atoms with Crippen LogP contribution in [0.15, 0.2) is 58.8 Å². The van der Waals surface area contributed by atoms with Gasteiger partial charge >= 0.3 is 12.6 Å². The van der Waals surface area contributed by atoms with E-state index < -0.39 is 30.1 Å². The molecule has 0 aliphatic carbocycles. The number of nitrogens with one attached hydrogen (secondary N) is 2. The molecular weight excluding hydrogens is 448 g/mol. The van der Waals surface area contributed by atoms with Crippen molar-refractivity contribution in [3.63, 3.8) is 0 Å². The number of anilines is 2. The first kappa shape index (κ1) is 25.3. The Morgan fingerprint density at radius 1 is 1.03 bits per heavy atom. The maximum Gasteiger partial charge on any atom is 0.387 e. The monoisotopic (exact) mass is 468 g/mol. The average Bonchev–Trinajstić information content (AvgIpc) is 2.72. The van der Waals surface area contributed by atoms with Crippen LogP contribution in [-0.2, 0) is 20.3 Å². The molecule has 0 heterocycles. The van der Waals surface area contributed by atoms with Gasteiger partial charge in [0.25, 0.3) is 11.8 Å². The zero-order valence-corrected chi connectivity index (χ0v) is 17.7. The molecule has 2 aromatic rings. The summed E-state index contributed by atoms with van der Waals surface area (Å²) in [7, 11) is 0. The van der Waals surface area contributed by atoms with E-state index in [2.05, 4.69) is 30.6 Å². The van der Waals surface area contributed by atoms with Crippen molar-refractivity contribution in [3.05, 3.63) is 54.1 Å². The number of hydrogen-bond acceptors (Lipinski definition) is 7. The van der Waals surface area contributed by atoms with Crippen LogP contribution in [-0.4, -0.2) is 29.9 Å². The van der Waals surface area contributed by atoms with Crippen molar-refractivity contribution in [2.75, 3.05) is 10.7 Å². The number of oxime groups is 1. The Kier molecular flexibility index (Phi) is 8.49. The first-order valence-electron chi connectivity index (χ1n) is 9.36. The molecule has 0 fully saturated rings. The van der Waals surface area contributed by atoms with Crippen LogP contribution >= 0.6 is 0 Å². The maximum absolute atomic E-state index is 13.6. The number of amides is 1. The number of carbonyl (C=O) groups is 2. The van der Waals surface area contributed by atoms with Crippen LogP contribution in [0.1, 0.15) is 26.3 Å². The third-order valence-electron chi connectivity index (χ3n) is 3.88. The zero-order valence-electron chi connectivity index (χ0n) is 17.7. The molecule has 33 heavy (non-hydrogen) atoms. The molecule has 12 heteroatoms. The number of ether oxygens (including phenoxy) is 1. The molecule has 1 amide bonds. The van der Waals surface area contributed by atoms with Gasteiger partial charge in [0, 0.05) is 25.1 Å². The number of alkyl halides is 4. The van der Waals surface area contributed by atoms with Gasteiger partial charge in [0.05, 0.1) is 11.4 Å². The van der Waals surface area contributed by atoms with E-state index in [0.29, 0.717) is 5.69 Å². The molecule has 2 aromatic carbocycles. The zero-order chi connectivity index (χ0) is 24.6. The highest BCUT2D eigenvalue weighted by Crippen LogP contribution is 2.28. The normalized spacial score (nSPS) is 12.4. The Morgan fingerprint density at radius 3 is 2.27 bits per heavy atom. The highest BCUT2D eigenvalue weighted by Gasteiger charge is 2.25. The predicted molar refractivity (Wildman–Crippen MR) is 114 cm³/mol. The van der Waals surface area contributed by atoms with E-state index in [1.54, 1.807) is 0 Å². The summed E-state index contributed by atoms with van der Waals surface area (Å²) in [6.45, 7) is 0.196. The van der Waals surface area contributed by atoms with E-state index in [9.17, 15) is 27.2 Å². The van der Waals surface area contributed by atoms with Gasteiger partial charge in [0.15, 0.2) is 5.71 Å². The molecule has 0 aromatic heterocycles. The number of rotatable bonds is 9. The minimum atomic E-state index is -3.12. The molecule has 0 aliphatic rings. The fourth-order valence-corrected chi connectivity index (χ4v) is 2.35. The number of hydrazone groups is 1. The lowest BCUT2D eigenvalue weighted by Crippen LogP contribution is -2.30. The highest BCUT2D eigenvalue weighted by molar-refractivity contribution is 6.68. The second-order valence-electron chi connectivity index (χ2n) is 6.66. The second kappa shape index (κ2) is 11.1. The number of carbonyl (C=O) groups excluding carboxylic acids is 2. The molecular formula is C21H20F4N4O4. The van der Waals surface area contributed by atoms with E-state index in [1.807, 2.05) is 0 Å². The summed E-state index contributed by atoms with van der Waals surface area (Å²) in [5, 5.41) is 9.83. The van der Waals surface area contributed by atoms with Gasteiger partial charge in [0.1, 0.15) is 5.75 Å². The van der Waals surface area contributed by atoms with Crippen molar-refractivity contribution < 1.29 is 36.7 Å². The highest BCUT2D eigenvalue weighted by atomic mass is 19.3. The quantitative estimate of drug-likeness (QED) is 0.240. The summed E-state index contributed by atoms with van der Waals surface area (Å²) in [6, 6.07) is 10.4. The van der Waals surface area contributed by atoms with E-state index in [-0.39, 0.29) is 22.7 Å². The fourth-order valence-electron chi connectivity index (χ4n) is 2.35. The van der Waals surface area contributed by atoms with Crippen molar-refractivity contribution >= 4 is 34.7 Å². The van der Waals surface area contributed by atoms with Crippen LogP contribution in [0.2, 0.25) is 0 Å². The first-order valence-corrected chi connectivity index (χ1v) is 9.36. The Morgan fingerprint density at radius 2 is 1.70 bits per heavy atom. The lowest BCUT2D eigenvalue weighted by atomic mass is 10.1. The Bertz CT molecular complexity index is 1050. The number of nitrogens with zero attached hydrogens (tertiary/aromatic N) is 2. The van der Waals surface area contributed by atoms with Gasteiger partial charge < -0.3 is 14.9 Å². The minimum absolute atomic E-state index is 0.0290. The van der Waals surface area contributed by atoms with Gasteiger partial charge in [-0.15, -0.1) is 0 Å². The van der Waals surface area contributed by atoms with Crippen LogP contribution in [0.5, 0.6) is 5.75 Å². The summed E-state index contributed by atoms with van der Waals surface area (Å²) in [5.74, 6) is -4.86. The number of halogens is 4.